The van der Waals surface area contributed by atoms with Gasteiger partial charge in [-0.25, -0.2) is 0 Å². The third-order valence-corrected chi connectivity index (χ3v) is 2.22. The van der Waals surface area contributed by atoms with Crippen LogP contribution in [-0.4, -0.2) is 0 Å². The molecule has 2 aromatic carbocycles. The highest BCUT2D eigenvalue weighted by Crippen LogP contribution is 2.15. The zero-order valence-electron chi connectivity index (χ0n) is 7.96. The number of rotatable bonds is 1. The van der Waals surface area contributed by atoms with Crippen molar-refractivity contribution in [1.82, 2.24) is 6.15 Å². The third kappa shape index (κ3) is 1.87. The van der Waals surface area contributed by atoms with Crippen molar-refractivity contribution in [3.8, 4) is 0 Å². The van der Waals surface area contributed by atoms with Gasteiger partial charge in [0.05, 0.1) is 0 Å². The second kappa shape index (κ2) is 4.06. The van der Waals surface area contributed by atoms with E-state index >= 15 is 0 Å². The maximum absolute atomic E-state index is 2.26. The van der Waals surface area contributed by atoms with E-state index < -0.39 is 0 Å². The summed E-state index contributed by atoms with van der Waals surface area (Å²) >= 11 is 0. The van der Waals surface area contributed by atoms with E-state index in [-0.39, 0.29) is 6.15 Å². The second-order valence-corrected chi connectivity index (χ2v) is 3.04. The average molecular weight is 173 g/mol. The van der Waals surface area contributed by atoms with Gasteiger partial charge in [0.15, 0.2) is 0 Å². The fourth-order valence-corrected chi connectivity index (χ4v) is 1.46. The molecule has 0 aliphatic rings. The molecule has 13 heavy (non-hydrogen) atoms. The molecule has 2 aromatic rings. The van der Waals surface area contributed by atoms with Crippen LogP contribution in [0.1, 0.15) is 12.5 Å². The van der Waals surface area contributed by atoms with Gasteiger partial charge in [-0.15, -0.1) is 0 Å². The Morgan fingerprint density at radius 2 is 1.62 bits per heavy atom. The number of hydrogen-bond donors (Lipinski definition) is 1. The molecule has 0 fully saturated rings. The summed E-state index contributed by atoms with van der Waals surface area (Å²) in [6.07, 6.45) is 1.12. The van der Waals surface area contributed by atoms with Gasteiger partial charge in [0, 0.05) is 0 Å². The predicted molar refractivity (Wildman–Crippen MR) is 58.3 cm³/mol. The molecule has 0 atom stereocenters. The molecule has 0 radical (unpaired) electrons. The molecule has 0 unspecified atom stereocenters. The van der Waals surface area contributed by atoms with E-state index in [0.29, 0.717) is 0 Å². The lowest BCUT2D eigenvalue weighted by molar-refractivity contribution is 1.15. The lowest BCUT2D eigenvalue weighted by atomic mass is 10.1. The van der Waals surface area contributed by atoms with Crippen LogP contribution < -0.4 is 6.15 Å². The van der Waals surface area contributed by atoms with Crippen molar-refractivity contribution in [1.29, 1.82) is 0 Å². The molecule has 0 heterocycles. The van der Waals surface area contributed by atoms with Crippen molar-refractivity contribution in [3.63, 3.8) is 0 Å². The van der Waals surface area contributed by atoms with Gasteiger partial charge in [-0.1, -0.05) is 49.4 Å². The van der Waals surface area contributed by atoms with E-state index in [1.54, 1.807) is 0 Å². The van der Waals surface area contributed by atoms with Crippen LogP contribution in [0.4, 0.5) is 0 Å². The second-order valence-electron chi connectivity index (χ2n) is 3.04. The van der Waals surface area contributed by atoms with E-state index in [2.05, 4.69) is 49.4 Å². The molecular weight excluding hydrogens is 158 g/mol. The molecule has 0 saturated heterocycles. The van der Waals surface area contributed by atoms with Gasteiger partial charge in [0.2, 0.25) is 0 Å². The molecule has 0 spiro atoms. The maximum Gasteiger partial charge on any atom is -0.0181 e. The van der Waals surface area contributed by atoms with Crippen LogP contribution in [0.3, 0.4) is 0 Å². The molecule has 0 aromatic heterocycles. The van der Waals surface area contributed by atoms with Gasteiger partial charge < -0.3 is 6.15 Å². The Morgan fingerprint density at radius 3 is 2.31 bits per heavy atom. The van der Waals surface area contributed by atoms with Gasteiger partial charge in [-0.3, -0.25) is 0 Å². The molecule has 0 aliphatic heterocycles. The molecule has 3 N–H and O–H groups in total. The third-order valence-electron chi connectivity index (χ3n) is 2.22. The minimum Gasteiger partial charge on any atom is -0.344 e. The van der Waals surface area contributed by atoms with Gasteiger partial charge in [0.1, 0.15) is 0 Å². The van der Waals surface area contributed by atoms with Crippen LogP contribution in [0.5, 0.6) is 0 Å². The molecule has 0 bridgehead atoms. The summed E-state index contributed by atoms with van der Waals surface area (Å²) < 4.78 is 0. The zero-order chi connectivity index (χ0) is 8.39. The van der Waals surface area contributed by atoms with E-state index in [1.165, 1.54) is 16.3 Å². The molecule has 1 nitrogen and oxygen atoms in total. The van der Waals surface area contributed by atoms with E-state index in [0.717, 1.165) is 6.42 Å². The Hall–Kier alpha value is -1.34. The summed E-state index contributed by atoms with van der Waals surface area (Å²) in [7, 11) is 0. The summed E-state index contributed by atoms with van der Waals surface area (Å²) in [6, 6.07) is 15.1. The zero-order valence-corrected chi connectivity index (χ0v) is 7.96. The highest BCUT2D eigenvalue weighted by molar-refractivity contribution is 5.82. The van der Waals surface area contributed by atoms with Gasteiger partial charge in [-0.2, -0.15) is 0 Å². The molecule has 0 saturated carbocycles. The summed E-state index contributed by atoms with van der Waals surface area (Å²) in [5.41, 5.74) is 1.41. The Balaban J connectivity index is 0.000000845. The van der Waals surface area contributed by atoms with Crippen LogP contribution in [-0.2, 0) is 6.42 Å². The first kappa shape index (κ1) is 9.75. The van der Waals surface area contributed by atoms with Crippen molar-refractivity contribution >= 4 is 10.8 Å². The van der Waals surface area contributed by atoms with Crippen molar-refractivity contribution in [3.05, 3.63) is 48.0 Å². The first-order chi connectivity index (χ1) is 5.90. The summed E-state index contributed by atoms with van der Waals surface area (Å²) in [6.45, 7) is 2.18. The molecule has 2 rings (SSSR count). The van der Waals surface area contributed by atoms with Crippen molar-refractivity contribution < 1.29 is 0 Å². The van der Waals surface area contributed by atoms with Crippen LogP contribution in [0, 0.1) is 0 Å². The van der Waals surface area contributed by atoms with Gasteiger partial charge >= 0.3 is 0 Å². The normalized spacial score (nSPS) is 9.62. The molecule has 0 aliphatic carbocycles. The number of benzene rings is 2. The SMILES string of the molecule is CCc1ccc2ccccc2c1.N. The fraction of sp³-hybridized carbons (Fsp3) is 0.167. The lowest BCUT2D eigenvalue weighted by Gasteiger charge is -1.99. The summed E-state index contributed by atoms with van der Waals surface area (Å²) in [5.74, 6) is 0. The smallest absolute Gasteiger partial charge is 0.0181 e. The minimum atomic E-state index is 0. The average Bonchev–Trinajstić information content (AvgIpc) is 2.17. The first-order valence-electron chi connectivity index (χ1n) is 4.38. The highest BCUT2D eigenvalue weighted by Gasteiger charge is 1.92. The molecule has 0 amide bonds. The van der Waals surface area contributed by atoms with Crippen LogP contribution in [0.15, 0.2) is 42.5 Å². The van der Waals surface area contributed by atoms with Crippen LogP contribution in [0.2, 0.25) is 0 Å². The maximum atomic E-state index is 2.26. The van der Waals surface area contributed by atoms with Gasteiger partial charge in [-0.05, 0) is 22.8 Å². The topological polar surface area (TPSA) is 35.0 Å². The number of fused-ring (bicyclic) bond motifs is 1. The standard InChI is InChI=1S/C12H12.H3N/c1-2-10-7-8-11-5-3-4-6-12(11)9-10;/h3-9H,2H2,1H3;1H3. The van der Waals surface area contributed by atoms with E-state index in [9.17, 15) is 0 Å². The van der Waals surface area contributed by atoms with Crippen molar-refractivity contribution in [2.24, 2.45) is 0 Å². The van der Waals surface area contributed by atoms with Crippen molar-refractivity contribution in [2.75, 3.05) is 0 Å². The Morgan fingerprint density at radius 1 is 0.923 bits per heavy atom. The Bertz CT molecular complexity index is 393. The highest BCUT2D eigenvalue weighted by atomic mass is 14.0. The monoisotopic (exact) mass is 173 g/mol. The van der Waals surface area contributed by atoms with E-state index in [4.69, 9.17) is 0 Å². The van der Waals surface area contributed by atoms with E-state index in [1.807, 2.05) is 0 Å². The van der Waals surface area contributed by atoms with Crippen molar-refractivity contribution in [2.45, 2.75) is 13.3 Å². The Labute approximate surface area is 79.0 Å². The van der Waals surface area contributed by atoms with Crippen LogP contribution >= 0.6 is 0 Å². The molecule has 1 heteroatoms. The summed E-state index contributed by atoms with van der Waals surface area (Å²) in [4.78, 5) is 0. The number of hydrogen-bond acceptors (Lipinski definition) is 1. The molecule has 68 valence electrons. The lowest BCUT2D eigenvalue weighted by Crippen LogP contribution is -1.79. The van der Waals surface area contributed by atoms with Crippen LogP contribution in [0.25, 0.3) is 10.8 Å². The largest absolute Gasteiger partial charge is 0.344 e. The van der Waals surface area contributed by atoms with Gasteiger partial charge in [0.25, 0.3) is 0 Å². The molecular formula is C12H15N. The first-order valence-corrected chi connectivity index (χ1v) is 4.38. The quantitative estimate of drug-likeness (QED) is 0.703. The number of aryl methyl sites for hydroxylation is 1. The Kier molecular flexibility index (Phi) is 3.04. The minimum absolute atomic E-state index is 0. The summed E-state index contributed by atoms with van der Waals surface area (Å²) in [5, 5.41) is 2.67. The predicted octanol–water partition coefficient (Wildman–Crippen LogP) is 3.56. The fourth-order valence-electron chi connectivity index (χ4n) is 1.46.